The number of benzene rings is 2. The summed E-state index contributed by atoms with van der Waals surface area (Å²) in [6.45, 7) is 5.41. The van der Waals surface area contributed by atoms with E-state index in [4.69, 9.17) is 9.57 Å². The van der Waals surface area contributed by atoms with Crippen molar-refractivity contribution in [3.8, 4) is 11.4 Å². The number of ether oxygens (including phenoxy) is 1. The lowest BCUT2D eigenvalue weighted by Crippen LogP contribution is -2.49. The van der Waals surface area contributed by atoms with Gasteiger partial charge in [-0.05, 0) is 68.5 Å². The van der Waals surface area contributed by atoms with Crippen molar-refractivity contribution in [3.63, 3.8) is 0 Å². The van der Waals surface area contributed by atoms with Crippen LogP contribution in [-0.2, 0) is 4.84 Å². The van der Waals surface area contributed by atoms with Crippen molar-refractivity contribution in [2.24, 2.45) is 5.16 Å². The Morgan fingerprint density at radius 2 is 2.11 bits per heavy atom. The van der Waals surface area contributed by atoms with Crippen LogP contribution in [0, 0.1) is 13.8 Å². The Balaban J connectivity index is 1.32. The highest BCUT2D eigenvalue weighted by atomic mass is 16.6. The maximum atomic E-state index is 12.8. The van der Waals surface area contributed by atoms with Gasteiger partial charge >= 0.3 is 0 Å². The number of hydrogen-bond donors (Lipinski definition) is 0. The minimum absolute atomic E-state index is 0.136. The fraction of sp³-hybridized carbons (Fsp3) is 0.345. The molecule has 2 aliphatic rings. The van der Waals surface area contributed by atoms with Gasteiger partial charge in [-0.25, -0.2) is 4.98 Å². The predicted molar refractivity (Wildman–Crippen MR) is 141 cm³/mol. The van der Waals surface area contributed by atoms with Crippen LogP contribution in [-0.4, -0.2) is 52.4 Å². The van der Waals surface area contributed by atoms with Gasteiger partial charge < -0.3 is 19.0 Å². The summed E-state index contributed by atoms with van der Waals surface area (Å²) in [6.07, 6.45) is 9.14. The summed E-state index contributed by atoms with van der Waals surface area (Å²) in [4.78, 5) is 25.1. The largest absolute Gasteiger partial charge is 0.495 e. The molecular formula is C29H32N4O3. The number of Topliss-reactive ketones (excluding diaryl/α,β-unsaturated/α-hetero) is 1. The van der Waals surface area contributed by atoms with E-state index in [9.17, 15) is 4.79 Å². The molecule has 1 atom stereocenters. The number of nitrogens with zero attached hydrogens (tertiary/aromatic N) is 4. The second-order valence-corrected chi connectivity index (χ2v) is 9.52. The van der Waals surface area contributed by atoms with Crippen LogP contribution in [0.3, 0.4) is 0 Å². The smallest absolute Gasteiger partial charge is 0.171 e. The molecule has 1 aromatic heterocycles. The molecule has 0 saturated carbocycles. The Hall–Kier alpha value is -3.87. The number of amidine groups is 1. The van der Waals surface area contributed by atoms with Crippen LogP contribution in [0.25, 0.3) is 11.8 Å². The molecule has 2 aromatic carbocycles. The molecular weight excluding hydrogens is 452 g/mol. The van der Waals surface area contributed by atoms with Gasteiger partial charge in [0.15, 0.2) is 11.6 Å². The number of oxime groups is 1. The van der Waals surface area contributed by atoms with E-state index in [1.165, 1.54) is 0 Å². The first-order chi connectivity index (χ1) is 17.5. The number of carbonyl (C=O) groups excluding carboxylic acids is 1. The fourth-order valence-corrected chi connectivity index (χ4v) is 4.97. The molecule has 0 spiro atoms. The third-order valence-electron chi connectivity index (χ3n) is 6.84. The molecule has 3 heterocycles. The molecule has 0 radical (unpaired) electrons. The van der Waals surface area contributed by atoms with Crippen LogP contribution >= 0.6 is 0 Å². The van der Waals surface area contributed by atoms with Gasteiger partial charge in [0.2, 0.25) is 0 Å². The zero-order valence-electron chi connectivity index (χ0n) is 21.1. The van der Waals surface area contributed by atoms with Gasteiger partial charge in [-0.2, -0.15) is 0 Å². The molecule has 7 heteroatoms. The van der Waals surface area contributed by atoms with E-state index in [1.54, 1.807) is 13.4 Å². The summed E-state index contributed by atoms with van der Waals surface area (Å²) in [5.74, 6) is 1.84. The van der Waals surface area contributed by atoms with E-state index >= 15 is 0 Å². The Kier molecular flexibility index (Phi) is 6.89. The van der Waals surface area contributed by atoms with Crippen LogP contribution in [0.5, 0.6) is 5.75 Å². The van der Waals surface area contributed by atoms with E-state index in [-0.39, 0.29) is 11.8 Å². The summed E-state index contributed by atoms with van der Waals surface area (Å²) < 4.78 is 7.65. The van der Waals surface area contributed by atoms with E-state index in [2.05, 4.69) is 27.2 Å². The molecule has 2 aliphatic heterocycles. The van der Waals surface area contributed by atoms with Crippen molar-refractivity contribution in [3.05, 3.63) is 82.9 Å². The number of aryl methyl sites for hydroxylation is 2. The quantitative estimate of drug-likeness (QED) is 0.423. The number of fused-ring (bicyclic) bond motifs is 1. The van der Waals surface area contributed by atoms with Crippen LogP contribution in [0.1, 0.15) is 52.9 Å². The Bertz CT molecular complexity index is 1320. The van der Waals surface area contributed by atoms with Crippen LogP contribution in [0.15, 0.2) is 65.7 Å². The summed E-state index contributed by atoms with van der Waals surface area (Å²) >= 11 is 0. The normalized spacial score (nSPS) is 18.4. The van der Waals surface area contributed by atoms with Crippen molar-refractivity contribution in [2.45, 2.75) is 45.6 Å². The molecule has 1 saturated heterocycles. The highest BCUT2D eigenvalue weighted by Crippen LogP contribution is 2.30. The molecule has 5 rings (SSSR count). The van der Waals surface area contributed by atoms with Gasteiger partial charge in [0.1, 0.15) is 12.4 Å². The molecule has 186 valence electrons. The average Bonchev–Trinajstić information content (AvgIpc) is 3.33. The van der Waals surface area contributed by atoms with Gasteiger partial charge in [-0.1, -0.05) is 35.0 Å². The molecule has 1 fully saturated rings. The fourth-order valence-electron chi connectivity index (χ4n) is 4.97. The molecule has 3 aromatic rings. The van der Waals surface area contributed by atoms with Gasteiger partial charge in [0.25, 0.3) is 0 Å². The first kappa shape index (κ1) is 23.9. The minimum atomic E-state index is 0.136. The Morgan fingerprint density at radius 1 is 1.22 bits per heavy atom. The van der Waals surface area contributed by atoms with E-state index in [0.717, 1.165) is 71.0 Å². The zero-order chi connectivity index (χ0) is 25.1. The maximum absolute atomic E-state index is 12.8. The predicted octanol–water partition coefficient (Wildman–Crippen LogP) is 5.35. The maximum Gasteiger partial charge on any atom is 0.171 e. The Morgan fingerprint density at radius 3 is 2.89 bits per heavy atom. The number of hydrogen-bond acceptors (Lipinski definition) is 6. The zero-order valence-corrected chi connectivity index (χ0v) is 21.1. The number of imidazole rings is 1. The molecule has 7 nitrogen and oxygen atoms in total. The number of rotatable bonds is 7. The summed E-state index contributed by atoms with van der Waals surface area (Å²) in [5, 5.41) is 4.43. The highest BCUT2D eigenvalue weighted by molar-refractivity contribution is 6.03. The number of ketones is 1. The van der Waals surface area contributed by atoms with Crippen molar-refractivity contribution >= 4 is 17.7 Å². The number of carbonyl (C=O) groups is 1. The lowest BCUT2D eigenvalue weighted by Gasteiger charge is -2.40. The molecule has 0 amide bonds. The van der Waals surface area contributed by atoms with Gasteiger partial charge in [-0.3, -0.25) is 4.79 Å². The molecule has 0 unspecified atom stereocenters. The lowest BCUT2D eigenvalue weighted by molar-refractivity contribution is 0.0528. The molecule has 0 bridgehead atoms. The van der Waals surface area contributed by atoms with Crippen LogP contribution in [0.4, 0.5) is 0 Å². The second-order valence-electron chi connectivity index (χ2n) is 9.52. The molecule has 0 N–H and O–H groups in total. The van der Waals surface area contributed by atoms with Crippen LogP contribution in [0.2, 0.25) is 0 Å². The summed E-state index contributed by atoms with van der Waals surface area (Å²) in [5.41, 5.74) is 5.97. The monoisotopic (exact) mass is 484 g/mol. The third kappa shape index (κ3) is 5.05. The third-order valence-corrected chi connectivity index (χ3v) is 6.84. The molecule has 36 heavy (non-hydrogen) atoms. The lowest BCUT2D eigenvalue weighted by atomic mass is 9.96. The number of methoxy groups -OCH3 is 1. The van der Waals surface area contributed by atoms with Crippen molar-refractivity contribution in [1.29, 1.82) is 0 Å². The molecule has 0 aliphatic carbocycles. The first-order valence-electron chi connectivity index (χ1n) is 12.5. The number of piperidine rings is 1. The minimum Gasteiger partial charge on any atom is -0.495 e. The van der Waals surface area contributed by atoms with Crippen molar-refractivity contribution in [2.75, 3.05) is 20.3 Å². The summed E-state index contributed by atoms with van der Waals surface area (Å²) in [7, 11) is 1.68. The first-order valence-corrected chi connectivity index (χ1v) is 12.5. The summed E-state index contributed by atoms with van der Waals surface area (Å²) in [6, 6.07) is 14.1. The van der Waals surface area contributed by atoms with Crippen molar-refractivity contribution in [1.82, 2.24) is 14.5 Å². The van der Waals surface area contributed by atoms with E-state index in [0.29, 0.717) is 13.0 Å². The standard InChI is InChI=1S/C29H32N4O3/c1-20-6-4-7-23(14-20)27(34)12-10-25-18-36-31-29-24(8-5-13-33(25)29)15-22-9-11-26(28(16-22)35-3)32-17-21(2)30-19-32/h4,6-7,9,11,14-17,19,25H,5,8,10,12-13,18H2,1-3H3/b24-15+/t25-/m0/s1. The van der Waals surface area contributed by atoms with Crippen molar-refractivity contribution < 1.29 is 14.4 Å². The Labute approximate surface area is 212 Å². The SMILES string of the molecule is COc1cc(/C=C2\CCCN3C2=NOC[C@@H]3CCC(=O)c2cccc(C)c2)ccc1-n1cnc(C)c1. The van der Waals surface area contributed by atoms with E-state index in [1.807, 2.05) is 61.0 Å². The van der Waals surface area contributed by atoms with Gasteiger partial charge in [0.05, 0.1) is 30.9 Å². The van der Waals surface area contributed by atoms with E-state index < -0.39 is 0 Å². The highest BCUT2D eigenvalue weighted by Gasteiger charge is 2.32. The van der Waals surface area contributed by atoms with Gasteiger partial charge in [-0.15, -0.1) is 0 Å². The second kappa shape index (κ2) is 10.4. The topological polar surface area (TPSA) is 69.0 Å². The van der Waals surface area contributed by atoms with Crippen LogP contribution < -0.4 is 4.74 Å². The average molecular weight is 485 g/mol. The van der Waals surface area contributed by atoms with Gasteiger partial charge in [0, 0.05) is 24.7 Å². The number of aromatic nitrogens is 2.